The molecule has 0 aliphatic heterocycles. The molecule has 0 amide bonds. The van der Waals surface area contributed by atoms with Crippen LogP contribution in [-0.4, -0.2) is 9.81 Å². The van der Waals surface area contributed by atoms with Crippen LogP contribution in [0.25, 0.3) is 0 Å². The monoisotopic (exact) mass is 275 g/mol. The first kappa shape index (κ1) is 12.0. The first-order chi connectivity index (χ1) is 6.74. The van der Waals surface area contributed by atoms with Gasteiger partial charge in [0.1, 0.15) is 0 Å². The molecule has 1 aromatic rings. The number of aryl methyl sites for hydroxylation is 1. The molecule has 0 aliphatic rings. The zero-order chi connectivity index (χ0) is 10.4. The van der Waals surface area contributed by atoms with Gasteiger partial charge in [0.2, 0.25) is 0 Å². The summed E-state index contributed by atoms with van der Waals surface area (Å²) in [5.74, 6) is 0. The number of hydrogen-bond donors (Lipinski definition) is 0. The Morgan fingerprint density at radius 2 is 2.36 bits per heavy atom. The topological polar surface area (TPSA) is 12.9 Å². The van der Waals surface area contributed by atoms with Crippen LogP contribution in [0.15, 0.2) is 18.5 Å². The molecule has 14 heavy (non-hydrogen) atoms. The number of pyridine rings is 1. The van der Waals surface area contributed by atoms with E-state index in [1.54, 1.807) is 12.4 Å². The minimum atomic E-state index is 0.642. The minimum Gasteiger partial charge on any atom is -0.263 e. The maximum Gasteiger partial charge on any atom is 0.0621 e. The van der Waals surface area contributed by atoms with Crippen LogP contribution in [0, 0.1) is 0 Å². The van der Waals surface area contributed by atoms with Crippen molar-refractivity contribution in [3.05, 3.63) is 29.0 Å². The molecule has 0 radical (unpaired) electrons. The predicted molar refractivity (Wildman–Crippen MR) is 65.2 cm³/mol. The van der Waals surface area contributed by atoms with Gasteiger partial charge in [-0.25, -0.2) is 0 Å². The Hall–Kier alpha value is -0.0800. The highest BCUT2D eigenvalue weighted by Crippen LogP contribution is 2.18. The third kappa shape index (κ3) is 3.97. The zero-order valence-corrected chi connectivity index (χ0v) is 10.7. The quantitative estimate of drug-likeness (QED) is 0.733. The van der Waals surface area contributed by atoms with E-state index < -0.39 is 0 Å². The fourth-order valence-corrected chi connectivity index (χ4v) is 1.86. The molecule has 0 saturated carbocycles. The number of nitrogens with zero attached hydrogens (tertiary/aromatic N) is 1. The second kappa shape index (κ2) is 6.41. The lowest BCUT2D eigenvalue weighted by molar-refractivity contribution is 0.689. The molecule has 1 aromatic heterocycles. The summed E-state index contributed by atoms with van der Waals surface area (Å²) in [6, 6.07) is 2.00. The maximum absolute atomic E-state index is 6.00. The number of rotatable bonds is 5. The van der Waals surface area contributed by atoms with Crippen molar-refractivity contribution in [2.24, 2.45) is 0 Å². The predicted octanol–water partition coefficient (Wildman–Crippen LogP) is 4.23. The second-order valence-electron chi connectivity index (χ2n) is 3.36. The average Bonchev–Trinajstić information content (AvgIpc) is 2.20. The third-order valence-corrected chi connectivity index (χ3v) is 3.71. The van der Waals surface area contributed by atoms with Crippen LogP contribution < -0.4 is 0 Å². The molecule has 1 heterocycles. The second-order valence-corrected chi connectivity index (χ2v) is 5.07. The summed E-state index contributed by atoms with van der Waals surface area (Å²) in [4.78, 5) is 4.60. The molecule has 0 fully saturated rings. The van der Waals surface area contributed by atoms with Crippen LogP contribution in [0.1, 0.15) is 31.7 Å². The van der Waals surface area contributed by atoms with Gasteiger partial charge in [-0.2, -0.15) is 0 Å². The molecule has 1 atom stereocenters. The molecule has 0 N–H and O–H groups in total. The maximum atomic E-state index is 6.00. The summed E-state index contributed by atoms with van der Waals surface area (Å²) in [6.45, 7) is 2.19. The standard InChI is InChI=1S/C11H15BrClN/c1-2-10(12)5-3-4-9-6-7-14-8-11(9)13/h6-8,10H,2-5H2,1H3. The highest BCUT2D eigenvalue weighted by Gasteiger charge is 2.03. The SMILES string of the molecule is CCC(Br)CCCc1ccncc1Cl. The Morgan fingerprint density at radius 3 is 3.00 bits per heavy atom. The lowest BCUT2D eigenvalue weighted by Gasteiger charge is -2.06. The van der Waals surface area contributed by atoms with Crippen molar-refractivity contribution < 1.29 is 0 Å². The number of halogens is 2. The molecule has 1 nitrogen and oxygen atoms in total. The molecule has 0 spiro atoms. The van der Waals surface area contributed by atoms with Crippen LogP contribution in [0.2, 0.25) is 5.02 Å². The Balaban J connectivity index is 2.35. The van der Waals surface area contributed by atoms with Gasteiger partial charge in [0.05, 0.1) is 5.02 Å². The van der Waals surface area contributed by atoms with Crippen molar-refractivity contribution in [2.75, 3.05) is 0 Å². The Bertz CT molecular complexity index is 278. The summed E-state index contributed by atoms with van der Waals surface area (Å²) in [5.41, 5.74) is 1.21. The van der Waals surface area contributed by atoms with Gasteiger partial charge < -0.3 is 0 Å². The van der Waals surface area contributed by atoms with Gasteiger partial charge >= 0.3 is 0 Å². The molecule has 0 aromatic carbocycles. The van der Waals surface area contributed by atoms with Crippen LogP contribution in [0.3, 0.4) is 0 Å². The summed E-state index contributed by atoms with van der Waals surface area (Å²) in [6.07, 6.45) is 8.12. The molecule has 0 aliphatic carbocycles. The normalized spacial score (nSPS) is 12.8. The van der Waals surface area contributed by atoms with Gasteiger partial charge in [0, 0.05) is 17.2 Å². The van der Waals surface area contributed by atoms with Gasteiger partial charge in [-0.3, -0.25) is 4.98 Å². The zero-order valence-electron chi connectivity index (χ0n) is 8.34. The van der Waals surface area contributed by atoms with Crippen molar-refractivity contribution in [1.29, 1.82) is 0 Å². The summed E-state index contributed by atoms with van der Waals surface area (Å²) in [7, 11) is 0. The number of aromatic nitrogens is 1. The van der Waals surface area contributed by atoms with Crippen molar-refractivity contribution in [3.8, 4) is 0 Å². The van der Waals surface area contributed by atoms with E-state index in [2.05, 4.69) is 27.8 Å². The van der Waals surface area contributed by atoms with Crippen LogP contribution in [0.4, 0.5) is 0 Å². The van der Waals surface area contributed by atoms with Gasteiger partial charge in [0.15, 0.2) is 0 Å². The van der Waals surface area contributed by atoms with Crippen LogP contribution in [-0.2, 0) is 6.42 Å². The van der Waals surface area contributed by atoms with Gasteiger partial charge in [0.25, 0.3) is 0 Å². The van der Waals surface area contributed by atoms with Crippen molar-refractivity contribution in [1.82, 2.24) is 4.98 Å². The Morgan fingerprint density at radius 1 is 1.57 bits per heavy atom. The smallest absolute Gasteiger partial charge is 0.0621 e. The largest absolute Gasteiger partial charge is 0.263 e. The van der Waals surface area contributed by atoms with Gasteiger partial charge in [-0.05, 0) is 37.3 Å². The van der Waals surface area contributed by atoms with Gasteiger partial charge in [-0.15, -0.1) is 0 Å². The van der Waals surface area contributed by atoms with E-state index in [1.165, 1.54) is 24.8 Å². The van der Waals surface area contributed by atoms with E-state index in [0.717, 1.165) is 11.4 Å². The molecule has 0 saturated heterocycles. The van der Waals surface area contributed by atoms with E-state index in [4.69, 9.17) is 11.6 Å². The van der Waals surface area contributed by atoms with E-state index in [0.29, 0.717) is 4.83 Å². The minimum absolute atomic E-state index is 0.642. The summed E-state index contributed by atoms with van der Waals surface area (Å²) >= 11 is 9.62. The average molecular weight is 277 g/mol. The van der Waals surface area contributed by atoms with E-state index in [1.807, 2.05) is 6.07 Å². The lowest BCUT2D eigenvalue weighted by Crippen LogP contribution is -1.96. The molecular weight excluding hydrogens is 261 g/mol. The summed E-state index contributed by atoms with van der Waals surface area (Å²) < 4.78 is 0. The van der Waals surface area contributed by atoms with E-state index >= 15 is 0 Å². The van der Waals surface area contributed by atoms with E-state index in [9.17, 15) is 0 Å². The van der Waals surface area contributed by atoms with Crippen LogP contribution >= 0.6 is 27.5 Å². The molecule has 1 unspecified atom stereocenters. The fraction of sp³-hybridized carbons (Fsp3) is 0.545. The lowest BCUT2D eigenvalue weighted by atomic mass is 10.1. The van der Waals surface area contributed by atoms with E-state index in [-0.39, 0.29) is 0 Å². The first-order valence-corrected chi connectivity index (χ1v) is 6.26. The Labute approximate surface area is 99.0 Å². The summed E-state index contributed by atoms with van der Waals surface area (Å²) in [5, 5.41) is 0.787. The van der Waals surface area contributed by atoms with Crippen molar-refractivity contribution >= 4 is 27.5 Å². The number of hydrogen-bond acceptors (Lipinski definition) is 1. The molecule has 0 bridgehead atoms. The Kier molecular flexibility index (Phi) is 5.49. The number of alkyl halides is 1. The third-order valence-electron chi connectivity index (χ3n) is 2.26. The highest BCUT2D eigenvalue weighted by molar-refractivity contribution is 9.09. The van der Waals surface area contributed by atoms with Gasteiger partial charge in [-0.1, -0.05) is 34.5 Å². The fourth-order valence-electron chi connectivity index (χ4n) is 1.32. The highest BCUT2D eigenvalue weighted by atomic mass is 79.9. The molecule has 78 valence electrons. The molecule has 3 heteroatoms. The molecular formula is C11H15BrClN. The van der Waals surface area contributed by atoms with Crippen molar-refractivity contribution in [3.63, 3.8) is 0 Å². The molecule has 1 rings (SSSR count). The van der Waals surface area contributed by atoms with Crippen molar-refractivity contribution in [2.45, 2.75) is 37.4 Å². The first-order valence-electron chi connectivity index (χ1n) is 4.96. The van der Waals surface area contributed by atoms with Crippen LogP contribution in [0.5, 0.6) is 0 Å².